The Bertz CT molecular complexity index is 861. The third-order valence-electron chi connectivity index (χ3n) is 5.61. The Hall–Kier alpha value is -2.88. The number of hydrogen-bond donors (Lipinski definition) is 1. The number of urea groups is 1. The van der Waals surface area contributed by atoms with Gasteiger partial charge in [0, 0.05) is 57.1 Å². The van der Waals surface area contributed by atoms with Gasteiger partial charge in [-0.2, -0.15) is 5.10 Å². The molecule has 1 aliphatic heterocycles. The predicted molar refractivity (Wildman–Crippen MR) is 111 cm³/mol. The van der Waals surface area contributed by atoms with E-state index < -0.39 is 0 Å². The molecule has 1 fully saturated rings. The van der Waals surface area contributed by atoms with Crippen molar-refractivity contribution < 1.29 is 14.1 Å². The van der Waals surface area contributed by atoms with Crippen LogP contribution in [0.2, 0.25) is 0 Å². The Labute approximate surface area is 176 Å². The lowest BCUT2D eigenvalue weighted by Crippen LogP contribution is -2.54. The number of carbonyl (C=O) groups is 2. The summed E-state index contributed by atoms with van der Waals surface area (Å²) in [7, 11) is 5.83. The van der Waals surface area contributed by atoms with E-state index in [9.17, 15) is 9.59 Å². The monoisotopic (exact) mass is 417 g/mol. The normalized spacial score (nSPS) is 15.5. The van der Waals surface area contributed by atoms with Gasteiger partial charge in [0.05, 0.1) is 24.4 Å². The van der Waals surface area contributed by atoms with Crippen molar-refractivity contribution in [2.75, 3.05) is 46.8 Å². The van der Waals surface area contributed by atoms with Crippen LogP contribution in [0, 0.1) is 13.8 Å². The first-order valence-electron chi connectivity index (χ1n) is 10.1. The molecule has 2 aromatic heterocycles. The zero-order valence-corrected chi connectivity index (χ0v) is 18.4. The minimum Gasteiger partial charge on any atom is -0.361 e. The maximum atomic E-state index is 12.6. The molecule has 1 atom stereocenters. The molecule has 164 valence electrons. The molecule has 1 aliphatic rings. The van der Waals surface area contributed by atoms with Gasteiger partial charge < -0.3 is 24.5 Å². The highest BCUT2D eigenvalue weighted by Gasteiger charge is 2.26. The Morgan fingerprint density at radius 1 is 1.20 bits per heavy atom. The van der Waals surface area contributed by atoms with Crippen LogP contribution in [-0.2, 0) is 18.3 Å². The highest BCUT2D eigenvalue weighted by molar-refractivity contribution is 5.80. The number of carbonyl (C=O) groups excluding carboxylic acids is 2. The molecule has 3 rings (SSSR count). The molecule has 0 bridgehead atoms. The predicted octanol–water partition coefficient (Wildman–Crippen LogP) is 0.724. The summed E-state index contributed by atoms with van der Waals surface area (Å²) in [6.07, 6.45) is 4.06. The summed E-state index contributed by atoms with van der Waals surface area (Å²) in [5, 5.41) is 11.1. The van der Waals surface area contributed by atoms with Gasteiger partial charge in [-0.3, -0.25) is 9.48 Å². The first kappa shape index (κ1) is 21.8. The van der Waals surface area contributed by atoms with E-state index in [-0.39, 0.29) is 24.4 Å². The molecule has 30 heavy (non-hydrogen) atoms. The summed E-state index contributed by atoms with van der Waals surface area (Å²) in [4.78, 5) is 30.9. The number of piperazine rings is 1. The largest absolute Gasteiger partial charge is 0.361 e. The van der Waals surface area contributed by atoms with E-state index in [2.05, 4.69) is 20.5 Å². The van der Waals surface area contributed by atoms with Crippen molar-refractivity contribution >= 4 is 11.9 Å². The Morgan fingerprint density at radius 2 is 1.87 bits per heavy atom. The second-order valence-electron chi connectivity index (χ2n) is 7.96. The summed E-state index contributed by atoms with van der Waals surface area (Å²) in [6.45, 7) is 6.22. The van der Waals surface area contributed by atoms with E-state index in [0.29, 0.717) is 38.5 Å². The Balaban J connectivity index is 1.48. The van der Waals surface area contributed by atoms with Crippen LogP contribution in [0.15, 0.2) is 16.9 Å². The number of nitrogens with zero attached hydrogens (tertiary/aromatic N) is 6. The first-order valence-corrected chi connectivity index (χ1v) is 10.1. The van der Waals surface area contributed by atoms with Gasteiger partial charge >= 0.3 is 6.03 Å². The average Bonchev–Trinajstić information content (AvgIpc) is 3.28. The van der Waals surface area contributed by atoms with Gasteiger partial charge in [0.2, 0.25) is 5.91 Å². The van der Waals surface area contributed by atoms with Gasteiger partial charge in [0.25, 0.3) is 0 Å². The molecular weight excluding hydrogens is 386 g/mol. The van der Waals surface area contributed by atoms with Crippen LogP contribution >= 0.6 is 0 Å². The highest BCUT2D eigenvalue weighted by Crippen LogP contribution is 2.17. The molecule has 3 heterocycles. The first-order chi connectivity index (χ1) is 14.3. The van der Waals surface area contributed by atoms with E-state index in [1.54, 1.807) is 14.5 Å². The molecule has 0 aliphatic carbocycles. The van der Waals surface area contributed by atoms with Crippen LogP contribution in [0.4, 0.5) is 4.79 Å². The van der Waals surface area contributed by atoms with E-state index >= 15 is 0 Å². The van der Waals surface area contributed by atoms with Crippen LogP contribution in [0.5, 0.6) is 0 Å². The molecular formula is C20H31N7O3. The number of likely N-dealkylation sites (N-methyl/N-ethyl adjacent to an activating group) is 1. The smallest absolute Gasteiger partial charge is 0.317 e. The van der Waals surface area contributed by atoms with Crippen molar-refractivity contribution in [1.82, 2.24) is 35.0 Å². The Morgan fingerprint density at radius 3 is 2.40 bits per heavy atom. The number of amides is 3. The van der Waals surface area contributed by atoms with E-state index in [4.69, 9.17) is 4.52 Å². The fourth-order valence-corrected chi connectivity index (χ4v) is 3.68. The molecule has 0 aromatic carbocycles. The number of aromatic nitrogens is 3. The molecule has 3 amide bonds. The van der Waals surface area contributed by atoms with Gasteiger partial charge in [-0.15, -0.1) is 0 Å². The molecule has 1 N–H and O–H groups in total. The van der Waals surface area contributed by atoms with Crippen molar-refractivity contribution in [2.24, 2.45) is 7.05 Å². The third-order valence-corrected chi connectivity index (χ3v) is 5.61. The molecule has 1 unspecified atom stereocenters. The lowest BCUT2D eigenvalue weighted by atomic mass is 10.1. The highest BCUT2D eigenvalue weighted by atomic mass is 16.5. The second kappa shape index (κ2) is 9.29. The van der Waals surface area contributed by atoms with Gasteiger partial charge in [-0.05, 0) is 27.9 Å². The number of rotatable bonds is 6. The van der Waals surface area contributed by atoms with Crippen LogP contribution in [-0.4, -0.2) is 88.4 Å². The third kappa shape index (κ3) is 4.99. The maximum absolute atomic E-state index is 12.6. The zero-order valence-electron chi connectivity index (χ0n) is 18.4. The van der Waals surface area contributed by atoms with Crippen molar-refractivity contribution in [1.29, 1.82) is 0 Å². The SMILES string of the molecule is Cc1noc(C)c1CC(=O)N1CCN(C(=O)NCC(c2cnn(C)c2)N(C)C)CC1. The van der Waals surface area contributed by atoms with Crippen molar-refractivity contribution in [3.63, 3.8) is 0 Å². The summed E-state index contributed by atoms with van der Waals surface area (Å²) in [5.74, 6) is 0.719. The number of hydrogen-bond acceptors (Lipinski definition) is 6. The number of aryl methyl sites for hydroxylation is 3. The van der Waals surface area contributed by atoms with Gasteiger partial charge in [-0.25, -0.2) is 4.79 Å². The fraction of sp³-hybridized carbons (Fsp3) is 0.600. The molecule has 2 aromatic rings. The molecule has 10 heteroatoms. The molecule has 0 spiro atoms. The maximum Gasteiger partial charge on any atom is 0.317 e. The van der Waals surface area contributed by atoms with Crippen LogP contribution in [0.25, 0.3) is 0 Å². The van der Waals surface area contributed by atoms with Gasteiger partial charge in [0.1, 0.15) is 5.76 Å². The Kier molecular flexibility index (Phi) is 6.76. The summed E-state index contributed by atoms with van der Waals surface area (Å²) < 4.78 is 6.89. The summed E-state index contributed by atoms with van der Waals surface area (Å²) in [5.41, 5.74) is 2.66. The zero-order chi connectivity index (χ0) is 21.8. The lowest BCUT2D eigenvalue weighted by molar-refractivity contribution is -0.131. The van der Waals surface area contributed by atoms with Gasteiger partial charge in [-0.1, -0.05) is 5.16 Å². The van der Waals surface area contributed by atoms with E-state index in [1.165, 1.54) is 0 Å². The topological polar surface area (TPSA) is 99.7 Å². The quantitative estimate of drug-likeness (QED) is 0.744. The fourth-order valence-electron chi connectivity index (χ4n) is 3.68. The minimum absolute atomic E-state index is 0.0358. The lowest BCUT2D eigenvalue weighted by Gasteiger charge is -2.35. The number of nitrogens with one attached hydrogen (secondary N) is 1. The van der Waals surface area contributed by atoms with E-state index in [0.717, 1.165) is 16.8 Å². The van der Waals surface area contributed by atoms with Crippen molar-refractivity contribution in [3.05, 3.63) is 35.0 Å². The molecule has 0 saturated carbocycles. The second-order valence-corrected chi connectivity index (χ2v) is 7.96. The van der Waals surface area contributed by atoms with Crippen molar-refractivity contribution in [2.45, 2.75) is 26.3 Å². The molecule has 10 nitrogen and oxygen atoms in total. The minimum atomic E-state index is -0.108. The standard InChI is InChI=1S/C20H31N7O3/c1-14-17(15(2)30-23-14)10-19(28)26-6-8-27(9-7-26)20(29)21-12-18(24(3)4)16-11-22-25(5)13-16/h11,13,18H,6-10,12H2,1-5H3,(H,21,29). The molecule has 0 radical (unpaired) electrons. The van der Waals surface area contributed by atoms with Crippen LogP contribution < -0.4 is 5.32 Å². The van der Waals surface area contributed by atoms with Crippen LogP contribution in [0.3, 0.4) is 0 Å². The average molecular weight is 418 g/mol. The van der Waals surface area contributed by atoms with E-state index in [1.807, 2.05) is 47.4 Å². The molecule has 1 saturated heterocycles. The summed E-state index contributed by atoms with van der Waals surface area (Å²) in [6, 6.07) is -0.0656. The van der Waals surface area contributed by atoms with Crippen molar-refractivity contribution in [3.8, 4) is 0 Å². The van der Waals surface area contributed by atoms with Gasteiger partial charge in [0.15, 0.2) is 0 Å². The van der Waals surface area contributed by atoms with Crippen LogP contribution in [0.1, 0.15) is 28.6 Å². The summed E-state index contributed by atoms with van der Waals surface area (Å²) >= 11 is 0.